The number of oxime groups is 1. The molecule has 5 nitrogen and oxygen atoms in total. The van der Waals surface area contributed by atoms with Crippen molar-refractivity contribution in [2.24, 2.45) is 5.16 Å². The lowest BCUT2D eigenvalue weighted by Crippen LogP contribution is -2.23. The molecule has 0 saturated heterocycles. The van der Waals surface area contributed by atoms with E-state index in [0.29, 0.717) is 0 Å². The third-order valence-electron chi connectivity index (χ3n) is 0.846. The van der Waals surface area contributed by atoms with E-state index in [1.165, 1.54) is 0 Å². The number of hydrogen-bond acceptors (Lipinski definition) is 4. The summed E-state index contributed by atoms with van der Waals surface area (Å²) in [6, 6.07) is 0. The van der Waals surface area contributed by atoms with Gasteiger partial charge in [-0.05, 0) is 6.08 Å². The van der Waals surface area contributed by atoms with Crippen LogP contribution < -0.4 is 5.32 Å². The molecule has 0 aliphatic rings. The number of nitrogens with zero attached hydrogens (tertiary/aromatic N) is 1. The van der Waals surface area contributed by atoms with Gasteiger partial charge in [0.1, 0.15) is 6.34 Å². The third kappa shape index (κ3) is 4.83. The van der Waals surface area contributed by atoms with Gasteiger partial charge in [-0.25, -0.2) is 0 Å². The Bertz CT molecular complexity index is 198. The summed E-state index contributed by atoms with van der Waals surface area (Å²) in [7, 11) is 0. The van der Waals surface area contributed by atoms with Gasteiger partial charge in [0.25, 0.3) is 0 Å². The smallest absolute Gasteiger partial charge is 0.232 e. The molecule has 0 aliphatic carbocycles. The van der Waals surface area contributed by atoms with E-state index >= 15 is 0 Å². The van der Waals surface area contributed by atoms with Gasteiger partial charge in [0.05, 0.1) is 6.42 Å². The minimum Gasteiger partial charge on any atom is -0.410 e. The highest BCUT2D eigenvalue weighted by atomic mass is 16.4. The number of allylic oxidation sites excluding steroid dienone is 1. The van der Waals surface area contributed by atoms with Gasteiger partial charge >= 0.3 is 0 Å². The zero-order valence-electron chi connectivity index (χ0n) is 5.78. The zero-order valence-corrected chi connectivity index (χ0v) is 5.78. The first-order valence-electron chi connectivity index (χ1n) is 2.81. The van der Waals surface area contributed by atoms with Crippen LogP contribution in [0.5, 0.6) is 0 Å². The number of carbonyl (C=O) groups is 2. The second-order valence-corrected chi connectivity index (χ2v) is 1.66. The minimum absolute atomic E-state index is 0.282. The molecule has 0 aromatic heterocycles. The molecule has 1 amide bonds. The first-order chi connectivity index (χ1) is 5.20. The second-order valence-electron chi connectivity index (χ2n) is 1.66. The highest BCUT2D eigenvalue weighted by Gasteiger charge is 2.03. The van der Waals surface area contributed by atoms with Crippen LogP contribution in [-0.2, 0) is 9.59 Å². The Labute approximate surface area is 63.4 Å². The van der Waals surface area contributed by atoms with Crippen molar-refractivity contribution in [1.29, 1.82) is 0 Å². The summed E-state index contributed by atoms with van der Waals surface area (Å²) in [4.78, 5) is 21.1. The standard InChI is InChI=1S/C6H8N2O3/c1-2-5(9)3-6(10)7-4-8-11/h2,4,11H,1,3H2,(H,7,8,10). The van der Waals surface area contributed by atoms with Gasteiger partial charge < -0.3 is 10.5 Å². The van der Waals surface area contributed by atoms with Crippen LogP contribution in [0.4, 0.5) is 0 Å². The maximum Gasteiger partial charge on any atom is 0.232 e. The van der Waals surface area contributed by atoms with Crippen LogP contribution in [0.2, 0.25) is 0 Å². The van der Waals surface area contributed by atoms with Crippen molar-refractivity contribution in [2.75, 3.05) is 0 Å². The maximum absolute atomic E-state index is 10.6. The summed E-state index contributed by atoms with van der Waals surface area (Å²) >= 11 is 0. The lowest BCUT2D eigenvalue weighted by atomic mass is 10.3. The molecule has 0 unspecified atom stereocenters. The van der Waals surface area contributed by atoms with Gasteiger partial charge in [-0.15, -0.1) is 0 Å². The summed E-state index contributed by atoms with van der Waals surface area (Å²) < 4.78 is 0. The van der Waals surface area contributed by atoms with Crippen molar-refractivity contribution in [3.63, 3.8) is 0 Å². The lowest BCUT2D eigenvalue weighted by Gasteiger charge is -1.93. The van der Waals surface area contributed by atoms with Crippen molar-refractivity contribution in [3.8, 4) is 0 Å². The van der Waals surface area contributed by atoms with E-state index in [2.05, 4.69) is 11.7 Å². The number of hydrogen-bond donors (Lipinski definition) is 2. The van der Waals surface area contributed by atoms with E-state index in [0.717, 1.165) is 12.4 Å². The van der Waals surface area contributed by atoms with Crippen LogP contribution in [0.25, 0.3) is 0 Å². The predicted molar refractivity (Wildman–Crippen MR) is 38.2 cm³/mol. The van der Waals surface area contributed by atoms with Crippen molar-refractivity contribution in [1.82, 2.24) is 5.32 Å². The Morgan fingerprint density at radius 1 is 1.64 bits per heavy atom. The van der Waals surface area contributed by atoms with Gasteiger partial charge in [-0.3, -0.25) is 9.59 Å². The molecule has 0 aromatic rings. The summed E-state index contributed by atoms with van der Waals surface area (Å²) in [5, 5.41) is 12.4. The molecule has 2 N–H and O–H groups in total. The quantitative estimate of drug-likeness (QED) is 0.146. The van der Waals surface area contributed by atoms with Crippen LogP contribution in [0.15, 0.2) is 17.8 Å². The summed E-state index contributed by atoms with van der Waals surface area (Å²) in [5.41, 5.74) is 0. The van der Waals surface area contributed by atoms with Crippen molar-refractivity contribution >= 4 is 18.0 Å². The zero-order chi connectivity index (χ0) is 8.69. The molecule has 0 radical (unpaired) electrons. The SMILES string of the molecule is C=CC(=O)CC(=O)NC=NO. The summed E-state index contributed by atoms with van der Waals surface area (Å²) in [6.07, 6.45) is 1.56. The predicted octanol–water partition coefficient (Wildman–Crippen LogP) is -0.335. The van der Waals surface area contributed by atoms with Gasteiger partial charge in [-0.1, -0.05) is 11.7 Å². The fourth-order valence-corrected chi connectivity index (χ4v) is 0.382. The van der Waals surface area contributed by atoms with E-state index in [9.17, 15) is 9.59 Å². The molecule has 0 rings (SSSR count). The molecule has 0 saturated carbocycles. The average molecular weight is 156 g/mol. The van der Waals surface area contributed by atoms with E-state index in [1.54, 1.807) is 0 Å². The molecule has 0 atom stereocenters. The maximum atomic E-state index is 10.6. The summed E-state index contributed by atoms with van der Waals surface area (Å²) in [6.45, 7) is 3.18. The Morgan fingerprint density at radius 2 is 2.27 bits per heavy atom. The van der Waals surface area contributed by atoms with Crippen LogP contribution in [0.1, 0.15) is 6.42 Å². The molecule has 11 heavy (non-hydrogen) atoms. The highest BCUT2D eigenvalue weighted by molar-refractivity contribution is 6.05. The molecule has 0 spiro atoms. The first-order valence-corrected chi connectivity index (χ1v) is 2.81. The minimum atomic E-state index is -0.535. The third-order valence-corrected chi connectivity index (χ3v) is 0.846. The van der Waals surface area contributed by atoms with Gasteiger partial charge in [-0.2, -0.15) is 0 Å². The summed E-state index contributed by atoms with van der Waals surface area (Å²) in [5.74, 6) is -0.915. The molecule has 0 heterocycles. The fourth-order valence-electron chi connectivity index (χ4n) is 0.382. The van der Waals surface area contributed by atoms with E-state index in [-0.39, 0.29) is 12.2 Å². The highest BCUT2D eigenvalue weighted by Crippen LogP contribution is 1.82. The molecule has 0 aliphatic heterocycles. The second kappa shape index (κ2) is 5.16. The van der Waals surface area contributed by atoms with Gasteiger partial charge in [0.15, 0.2) is 5.78 Å². The van der Waals surface area contributed by atoms with Gasteiger partial charge in [0, 0.05) is 0 Å². The van der Waals surface area contributed by atoms with Crippen LogP contribution in [-0.4, -0.2) is 23.2 Å². The lowest BCUT2D eigenvalue weighted by molar-refractivity contribution is -0.125. The molecule has 0 aromatic carbocycles. The number of amides is 1. The topological polar surface area (TPSA) is 78.8 Å². The van der Waals surface area contributed by atoms with E-state index in [1.807, 2.05) is 5.32 Å². The van der Waals surface area contributed by atoms with Crippen molar-refractivity contribution < 1.29 is 14.8 Å². The first kappa shape index (κ1) is 9.35. The number of rotatable bonds is 4. The van der Waals surface area contributed by atoms with Crippen molar-refractivity contribution in [2.45, 2.75) is 6.42 Å². The Morgan fingerprint density at radius 3 is 2.73 bits per heavy atom. The number of ketones is 1. The Kier molecular flexibility index (Phi) is 4.39. The monoisotopic (exact) mass is 156 g/mol. The number of carbonyl (C=O) groups excluding carboxylic acids is 2. The van der Waals surface area contributed by atoms with Crippen molar-refractivity contribution in [3.05, 3.63) is 12.7 Å². The average Bonchev–Trinajstić information content (AvgIpc) is 2.00. The molecule has 5 heteroatoms. The molecule has 0 fully saturated rings. The van der Waals surface area contributed by atoms with Crippen LogP contribution in [0, 0.1) is 0 Å². The van der Waals surface area contributed by atoms with Gasteiger partial charge in [0.2, 0.25) is 5.91 Å². The molecular weight excluding hydrogens is 148 g/mol. The largest absolute Gasteiger partial charge is 0.410 e. The normalized spacial score (nSPS) is 9.45. The molecular formula is C6H8N2O3. The Hall–Kier alpha value is -1.65. The van der Waals surface area contributed by atoms with E-state index < -0.39 is 5.91 Å². The van der Waals surface area contributed by atoms with Crippen LogP contribution in [0.3, 0.4) is 0 Å². The molecule has 0 bridgehead atoms. The van der Waals surface area contributed by atoms with E-state index in [4.69, 9.17) is 5.21 Å². The fraction of sp³-hybridized carbons (Fsp3) is 0.167. The van der Waals surface area contributed by atoms with Crippen LogP contribution >= 0.6 is 0 Å². The number of nitrogens with one attached hydrogen (secondary N) is 1. The molecule has 60 valence electrons. The Balaban J connectivity index is 3.69.